The van der Waals surface area contributed by atoms with Gasteiger partial charge in [-0.05, 0) is 98.8 Å². The molecule has 1 unspecified atom stereocenters. The number of carbonyl (C=O) groups excluding carboxylic acids is 1. The van der Waals surface area contributed by atoms with E-state index in [4.69, 9.17) is 9.47 Å². The van der Waals surface area contributed by atoms with Crippen molar-refractivity contribution in [3.8, 4) is 11.5 Å². The summed E-state index contributed by atoms with van der Waals surface area (Å²) in [5.41, 5.74) is 4.47. The summed E-state index contributed by atoms with van der Waals surface area (Å²) in [5.74, 6) is 1.88. The lowest BCUT2D eigenvalue weighted by Gasteiger charge is -2.32. The molecule has 2 heterocycles. The average molecular weight is 530 g/mol. The predicted octanol–water partition coefficient (Wildman–Crippen LogP) is 5.75. The van der Waals surface area contributed by atoms with Crippen molar-refractivity contribution in [1.82, 2.24) is 15.1 Å². The Bertz CT molecular complexity index is 1160. The highest BCUT2D eigenvalue weighted by molar-refractivity contribution is 5.94. The first-order valence-corrected chi connectivity index (χ1v) is 14.6. The van der Waals surface area contributed by atoms with Crippen molar-refractivity contribution in [2.24, 2.45) is 0 Å². The Hall–Kier alpha value is -3.25. The van der Waals surface area contributed by atoms with Crippen LogP contribution in [0, 0.1) is 0 Å². The number of nitrogens with one attached hydrogen (secondary N) is 1. The molecule has 208 valence electrons. The zero-order chi connectivity index (χ0) is 27.0. The fourth-order valence-corrected chi connectivity index (χ4v) is 5.89. The molecule has 0 aromatic heterocycles. The molecular formula is C33H43N3O3. The van der Waals surface area contributed by atoms with Crippen molar-refractivity contribution in [2.45, 2.75) is 57.0 Å². The summed E-state index contributed by atoms with van der Waals surface area (Å²) in [6, 6.07) is 14.7. The minimum atomic E-state index is 0.124. The van der Waals surface area contributed by atoms with E-state index in [0.717, 1.165) is 75.5 Å². The van der Waals surface area contributed by atoms with Gasteiger partial charge in [-0.15, -0.1) is 0 Å². The molecule has 1 saturated carbocycles. The number of allylic oxidation sites excluding steroid dienone is 2. The maximum Gasteiger partial charge on any atom is 0.253 e. The molecule has 1 N–H and O–H groups in total. The van der Waals surface area contributed by atoms with Gasteiger partial charge in [-0.1, -0.05) is 30.7 Å². The Morgan fingerprint density at radius 2 is 1.72 bits per heavy atom. The summed E-state index contributed by atoms with van der Waals surface area (Å²) in [5, 5.41) is 3.34. The highest BCUT2D eigenvalue weighted by Gasteiger charge is 2.23. The van der Waals surface area contributed by atoms with Crippen LogP contribution in [0.4, 0.5) is 0 Å². The molecule has 5 rings (SSSR count). The van der Waals surface area contributed by atoms with Gasteiger partial charge in [0.25, 0.3) is 5.91 Å². The second-order valence-corrected chi connectivity index (χ2v) is 11.1. The molecule has 6 heteroatoms. The molecule has 2 aromatic rings. The summed E-state index contributed by atoms with van der Waals surface area (Å²) in [6.07, 6.45) is 14.7. The van der Waals surface area contributed by atoms with Crippen LogP contribution in [0.3, 0.4) is 0 Å². The van der Waals surface area contributed by atoms with Crippen LogP contribution in [0.25, 0.3) is 0 Å². The number of rotatable bonds is 8. The average Bonchev–Trinajstić information content (AvgIpc) is 3.25. The van der Waals surface area contributed by atoms with Gasteiger partial charge in [0.05, 0.1) is 13.2 Å². The summed E-state index contributed by atoms with van der Waals surface area (Å²) in [7, 11) is 3.82. The first kappa shape index (κ1) is 27.3. The van der Waals surface area contributed by atoms with Crippen LogP contribution in [0.15, 0.2) is 66.4 Å². The fourth-order valence-electron chi connectivity index (χ4n) is 5.89. The van der Waals surface area contributed by atoms with Gasteiger partial charge < -0.3 is 24.6 Å². The molecule has 3 aliphatic rings. The molecule has 39 heavy (non-hydrogen) atoms. The highest BCUT2D eigenvalue weighted by atomic mass is 16.5. The van der Waals surface area contributed by atoms with Gasteiger partial charge in [0, 0.05) is 44.2 Å². The molecular weight excluding hydrogens is 486 g/mol. The van der Waals surface area contributed by atoms with Crippen molar-refractivity contribution < 1.29 is 14.3 Å². The molecule has 1 atom stereocenters. The van der Waals surface area contributed by atoms with Crippen LogP contribution >= 0.6 is 0 Å². The molecule has 0 radical (unpaired) electrons. The lowest BCUT2D eigenvalue weighted by molar-refractivity contribution is 0.0664. The molecule has 2 aliphatic heterocycles. The number of amides is 1. The number of ether oxygens (including phenoxy) is 2. The first-order chi connectivity index (χ1) is 19.1. The number of piperazine rings is 1. The van der Waals surface area contributed by atoms with Crippen LogP contribution in [-0.4, -0.2) is 68.7 Å². The largest absolute Gasteiger partial charge is 0.493 e. The maximum atomic E-state index is 13.2. The summed E-state index contributed by atoms with van der Waals surface area (Å²) >= 11 is 0. The lowest BCUT2D eigenvalue weighted by atomic mass is 9.85. The van der Waals surface area contributed by atoms with E-state index in [9.17, 15) is 4.79 Å². The lowest BCUT2D eigenvalue weighted by Crippen LogP contribution is -2.47. The van der Waals surface area contributed by atoms with Crippen molar-refractivity contribution in [3.05, 3.63) is 83.1 Å². The molecule has 1 aliphatic carbocycles. The summed E-state index contributed by atoms with van der Waals surface area (Å²) in [4.78, 5) is 17.4. The molecule has 0 spiro atoms. The smallest absolute Gasteiger partial charge is 0.253 e. The second kappa shape index (κ2) is 13.2. The topological polar surface area (TPSA) is 54.0 Å². The fraction of sp³-hybridized carbons (Fsp3) is 0.485. The van der Waals surface area contributed by atoms with E-state index in [1.807, 2.05) is 23.1 Å². The summed E-state index contributed by atoms with van der Waals surface area (Å²) in [6.45, 7) is 4.36. The third-order valence-electron chi connectivity index (χ3n) is 8.34. The first-order valence-electron chi connectivity index (χ1n) is 14.6. The molecule has 2 aromatic carbocycles. The van der Waals surface area contributed by atoms with E-state index in [0.29, 0.717) is 0 Å². The Labute approximate surface area is 233 Å². The zero-order valence-electron chi connectivity index (χ0n) is 23.5. The normalized spacial score (nSPS) is 19.5. The highest BCUT2D eigenvalue weighted by Crippen LogP contribution is 2.38. The second-order valence-electron chi connectivity index (χ2n) is 11.1. The Balaban J connectivity index is 1.42. The van der Waals surface area contributed by atoms with Gasteiger partial charge in [0.1, 0.15) is 0 Å². The van der Waals surface area contributed by atoms with E-state index in [1.54, 1.807) is 7.11 Å². The number of likely N-dealkylation sites (N-methyl/N-ethyl adjacent to an activating group) is 1. The van der Waals surface area contributed by atoms with E-state index in [-0.39, 0.29) is 17.9 Å². The number of carbonyl (C=O) groups is 1. The number of hydrogen-bond acceptors (Lipinski definition) is 5. The van der Waals surface area contributed by atoms with Gasteiger partial charge in [-0.2, -0.15) is 0 Å². The van der Waals surface area contributed by atoms with Crippen LogP contribution in [0.5, 0.6) is 11.5 Å². The van der Waals surface area contributed by atoms with E-state index >= 15 is 0 Å². The minimum absolute atomic E-state index is 0.124. The van der Waals surface area contributed by atoms with Crippen molar-refractivity contribution >= 4 is 5.91 Å². The molecule has 6 nitrogen and oxygen atoms in total. The molecule has 1 amide bonds. The van der Waals surface area contributed by atoms with Gasteiger partial charge in [0.15, 0.2) is 11.5 Å². The minimum Gasteiger partial charge on any atom is -0.493 e. The third-order valence-corrected chi connectivity index (χ3v) is 8.34. The Kier molecular flexibility index (Phi) is 9.25. The Morgan fingerprint density at radius 1 is 0.974 bits per heavy atom. The standard InChI is InChI=1S/C33H43N3O3/c1-35-19-21-36(22-20-35)33(37)27-12-10-26(11-13-27)30(23-25-7-6-17-34-18-16-25)28-14-15-31(38-2)32(24-28)39-29-8-4-3-5-9-29/h7,10-16,18,24,29-30,34H,3-6,8-9,17,19-23H2,1-2H3. The number of nitrogens with zero attached hydrogens (tertiary/aromatic N) is 2. The van der Waals surface area contributed by atoms with Crippen LogP contribution < -0.4 is 14.8 Å². The monoisotopic (exact) mass is 529 g/mol. The number of methoxy groups -OCH3 is 1. The molecule has 1 saturated heterocycles. The van der Waals surface area contributed by atoms with Crippen molar-refractivity contribution in [1.29, 1.82) is 0 Å². The maximum absolute atomic E-state index is 13.2. The van der Waals surface area contributed by atoms with E-state index in [2.05, 4.69) is 59.9 Å². The predicted molar refractivity (Wildman–Crippen MR) is 157 cm³/mol. The van der Waals surface area contributed by atoms with E-state index in [1.165, 1.54) is 36.0 Å². The number of hydrogen-bond donors (Lipinski definition) is 1. The molecule has 2 fully saturated rings. The zero-order valence-corrected chi connectivity index (χ0v) is 23.5. The third kappa shape index (κ3) is 7.04. The quantitative estimate of drug-likeness (QED) is 0.472. The van der Waals surface area contributed by atoms with E-state index < -0.39 is 0 Å². The van der Waals surface area contributed by atoms with Crippen molar-refractivity contribution in [3.63, 3.8) is 0 Å². The Morgan fingerprint density at radius 3 is 2.46 bits per heavy atom. The number of benzene rings is 2. The van der Waals surface area contributed by atoms with Crippen LogP contribution in [0.2, 0.25) is 0 Å². The summed E-state index contributed by atoms with van der Waals surface area (Å²) < 4.78 is 12.2. The van der Waals surface area contributed by atoms with Crippen molar-refractivity contribution in [2.75, 3.05) is 46.9 Å². The molecule has 0 bridgehead atoms. The van der Waals surface area contributed by atoms with Gasteiger partial charge in [0.2, 0.25) is 0 Å². The SMILES string of the molecule is COc1ccc(C(CC2=CCCNC=C2)c2ccc(C(=O)N3CCN(C)CC3)cc2)cc1OC1CCCCC1. The van der Waals surface area contributed by atoms with Gasteiger partial charge in [-0.3, -0.25) is 4.79 Å². The van der Waals surface area contributed by atoms with Gasteiger partial charge in [-0.25, -0.2) is 0 Å². The van der Waals surface area contributed by atoms with Crippen LogP contribution in [0.1, 0.15) is 72.3 Å². The van der Waals surface area contributed by atoms with Gasteiger partial charge >= 0.3 is 0 Å². The van der Waals surface area contributed by atoms with Crippen LogP contribution in [-0.2, 0) is 0 Å².